The van der Waals surface area contributed by atoms with Gasteiger partial charge in [0.05, 0.1) is 0 Å². The van der Waals surface area contributed by atoms with Crippen LogP contribution in [0.4, 0.5) is 0 Å². The summed E-state index contributed by atoms with van der Waals surface area (Å²) in [5.41, 5.74) is 0. The first-order valence-corrected chi connectivity index (χ1v) is 20.2. The highest BCUT2D eigenvalue weighted by Gasteiger charge is 2.09. The molecule has 0 amide bonds. The number of carbonyl (C=O) groups excluding carboxylic acids is 2. The van der Waals surface area contributed by atoms with E-state index in [0.717, 1.165) is 25.7 Å². The number of hydrogen-bond acceptors (Lipinski definition) is 3. The average molecular weight is 631 g/mol. The van der Waals surface area contributed by atoms with Gasteiger partial charge in [0.2, 0.25) is 0 Å². The molecule has 0 spiro atoms. The third kappa shape index (κ3) is 38.7. The summed E-state index contributed by atoms with van der Waals surface area (Å²) in [5.74, 6) is -0.664. The van der Waals surface area contributed by atoms with E-state index in [1.54, 1.807) is 0 Å². The number of carbonyl (C=O) groups is 2. The molecule has 3 nitrogen and oxygen atoms in total. The number of allylic oxidation sites excluding steroid dienone is 4. The molecular weight excluding hydrogens is 552 g/mol. The molecule has 0 aliphatic heterocycles. The van der Waals surface area contributed by atoms with Gasteiger partial charge in [-0.25, -0.2) is 0 Å². The molecule has 0 atom stereocenters. The van der Waals surface area contributed by atoms with Gasteiger partial charge in [-0.05, 0) is 64.2 Å². The Kier molecular flexibility index (Phi) is 37.6. The van der Waals surface area contributed by atoms with Crippen LogP contribution in [-0.4, -0.2) is 11.9 Å². The predicted octanol–water partition coefficient (Wildman–Crippen LogP) is 14.5. The Morgan fingerprint density at radius 1 is 0.333 bits per heavy atom. The number of hydrogen-bond donors (Lipinski definition) is 0. The Labute approximate surface area is 282 Å². The summed E-state index contributed by atoms with van der Waals surface area (Å²) in [5, 5.41) is 0. The lowest BCUT2D eigenvalue weighted by molar-refractivity contribution is -0.159. The van der Waals surface area contributed by atoms with Gasteiger partial charge in [-0.3, -0.25) is 9.59 Å². The third-order valence-electron chi connectivity index (χ3n) is 9.01. The van der Waals surface area contributed by atoms with E-state index in [2.05, 4.69) is 38.2 Å². The second kappa shape index (κ2) is 38.8. The summed E-state index contributed by atoms with van der Waals surface area (Å²) < 4.78 is 5.03. The lowest BCUT2D eigenvalue weighted by Crippen LogP contribution is -2.11. The van der Waals surface area contributed by atoms with Crippen molar-refractivity contribution in [2.24, 2.45) is 0 Å². The van der Waals surface area contributed by atoms with Gasteiger partial charge in [0, 0.05) is 12.8 Å². The van der Waals surface area contributed by atoms with Crippen LogP contribution in [0.2, 0.25) is 0 Å². The summed E-state index contributed by atoms with van der Waals surface area (Å²) >= 11 is 0. The molecule has 0 aromatic carbocycles. The van der Waals surface area contributed by atoms with E-state index in [1.807, 2.05) is 0 Å². The van der Waals surface area contributed by atoms with Crippen LogP contribution in [0.15, 0.2) is 24.3 Å². The van der Waals surface area contributed by atoms with Crippen molar-refractivity contribution < 1.29 is 14.3 Å². The van der Waals surface area contributed by atoms with Crippen LogP contribution >= 0.6 is 0 Å². The smallest absolute Gasteiger partial charge is 0.313 e. The minimum Gasteiger partial charge on any atom is -0.393 e. The summed E-state index contributed by atoms with van der Waals surface area (Å²) in [6.07, 6.45) is 51.0. The van der Waals surface area contributed by atoms with Gasteiger partial charge in [0.15, 0.2) is 0 Å². The van der Waals surface area contributed by atoms with Crippen LogP contribution in [0.1, 0.15) is 232 Å². The van der Waals surface area contributed by atoms with E-state index < -0.39 is 0 Å². The molecule has 0 unspecified atom stereocenters. The van der Waals surface area contributed by atoms with Crippen molar-refractivity contribution in [2.75, 3.05) is 0 Å². The van der Waals surface area contributed by atoms with Crippen molar-refractivity contribution in [3.8, 4) is 0 Å². The quantitative estimate of drug-likeness (QED) is 0.0299. The SMILES string of the molecule is CCCCCCCCC=CCCCCCCCCCCCC(=O)OC(=O)CCCCCCCCCC=CCCCCCCCC. The van der Waals surface area contributed by atoms with Crippen LogP contribution in [0.25, 0.3) is 0 Å². The fourth-order valence-corrected chi connectivity index (χ4v) is 5.97. The van der Waals surface area contributed by atoms with Crippen LogP contribution in [0.3, 0.4) is 0 Å². The highest BCUT2D eigenvalue weighted by Crippen LogP contribution is 2.14. The Morgan fingerprint density at radius 2 is 0.556 bits per heavy atom. The standard InChI is InChI=1S/C42H78O3/c1-3-5-7-9-11-13-15-17-19-21-22-24-26-28-30-32-34-36-38-40-42(44)45-41(43)39-37-35-33-31-29-27-25-23-20-18-16-14-12-10-8-6-4-2/h17-20H,3-16,21-40H2,1-2H3. The van der Waals surface area contributed by atoms with Crippen molar-refractivity contribution in [1.29, 1.82) is 0 Å². The molecule has 0 aromatic heterocycles. The van der Waals surface area contributed by atoms with Crippen LogP contribution in [-0.2, 0) is 14.3 Å². The fraction of sp³-hybridized carbons (Fsp3) is 0.857. The number of rotatable bonds is 36. The lowest BCUT2D eigenvalue weighted by Gasteiger charge is -2.04. The van der Waals surface area contributed by atoms with Crippen molar-refractivity contribution in [2.45, 2.75) is 232 Å². The number of unbranched alkanes of at least 4 members (excludes halogenated alkanes) is 28. The van der Waals surface area contributed by atoms with E-state index in [4.69, 9.17) is 4.74 Å². The molecule has 0 saturated carbocycles. The van der Waals surface area contributed by atoms with Gasteiger partial charge >= 0.3 is 11.9 Å². The van der Waals surface area contributed by atoms with Gasteiger partial charge in [0.1, 0.15) is 0 Å². The normalized spacial score (nSPS) is 11.7. The lowest BCUT2D eigenvalue weighted by atomic mass is 10.1. The highest BCUT2D eigenvalue weighted by atomic mass is 16.6. The summed E-state index contributed by atoms with van der Waals surface area (Å²) in [4.78, 5) is 23.9. The van der Waals surface area contributed by atoms with E-state index in [-0.39, 0.29) is 11.9 Å². The maximum absolute atomic E-state index is 12.0. The molecule has 264 valence electrons. The Morgan fingerprint density at radius 3 is 0.822 bits per heavy atom. The molecular formula is C42H78O3. The molecule has 0 bridgehead atoms. The second-order valence-electron chi connectivity index (χ2n) is 13.6. The molecule has 0 heterocycles. The van der Waals surface area contributed by atoms with Crippen molar-refractivity contribution >= 4 is 11.9 Å². The Bertz CT molecular complexity index is 665. The molecule has 3 heteroatoms. The van der Waals surface area contributed by atoms with Crippen LogP contribution in [0, 0.1) is 0 Å². The predicted molar refractivity (Wildman–Crippen MR) is 198 cm³/mol. The molecule has 0 fully saturated rings. The van der Waals surface area contributed by atoms with E-state index in [1.165, 1.54) is 180 Å². The topological polar surface area (TPSA) is 43.4 Å². The summed E-state index contributed by atoms with van der Waals surface area (Å²) in [6, 6.07) is 0. The zero-order valence-corrected chi connectivity index (χ0v) is 30.6. The van der Waals surface area contributed by atoms with E-state index in [0.29, 0.717) is 12.8 Å². The van der Waals surface area contributed by atoms with Gasteiger partial charge in [-0.15, -0.1) is 0 Å². The van der Waals surface area contributed by atoms with Gasteiger partial charge in [-0.1, -0.05) is 179 Å². The van der Waals surface area contributed by atoms with Crippen LogP contribution < -0.4 is 0 Å². The number of esters is 2. The molecule has 45 heavy (non-hydrogen) atoms. The largest absolute Gasteiger partial charge is 0.393 e. The third-order valence-corrected chi connectivity index (χ3v) is 9.01. The zero-order chi connectivity index (χ0) is 32.7. The molecule has 0 aliphatic carbocycles. The van der Waals surface area contributed by atoms with Crippen molar-refractivity contribution in [3.05, 3.63) is 24.3 Å². The molecule has 0 aliphatic rings. The highest BCUT2D eigenvalue weighted by molar-refractivity contribution is 5.85. The maximum atomic E-state index is 12.0. The molecule has 0 radical (unpaired) electrons. The van der Waals surface area contributed by atoms with Crippen molar-refractivity contribution in [3.63, 3.8) is 0 Å². The van der Waals surface area contributed by atoms with E-state index >= 15 is 0 Å². The Balaban J connectivity index is 3.33. The molecule has 0 rings (SSSR count). The number of ether oxygens (including phenoxy) is 1. The second-order valence-corrected chi connectivity index (χ2v) is 13.6. The molecule has 0 N–H and O–H groups in total. The summed E-state index contributed by atoms with van der Waals surface area (Å²) in [6.45, 7) is 4.55. The van der Waals surface area contributed by atoms with E-state index in [9.17, 15) is 9.59 Å². The first-order valence-electron chi connectivity index (χ1n) is 20.2. The van der Waals surface area contributed by atoms with Crippen LogP contribution in [0.5, 0.6) is 0 Å². The van der Waals surface area contributed by atoms with Gasteiger partial charge < -0.3 is 4.74 Å². The average Bonchev–Trinajstić information content (AvgIpc) is 3.03. The zero-order valence-electron chi connectivity index (χ0n) is 30.6. The van der Waals surface area contributed by atoms with Crippen molar-refractivity contribution in [1.82, 2.24) is 0 Å². The summed E-state index contributed by atoms with van der Waals surface area (Å²) in [7, 11) is 0. The minimum absolute atomic E-state index is 0.331. The first kappa shape index (κ1) is 43.6. The van der Waals surface area contributed by atoms with Gasteiger partial charge in [-0.2, -0.15) is 0 Å². The minimum atomic E-state index is -0.332. The Hall–Kier alpha value is -1.38. The molecule has 0 saturated heterocycles. The monoisotopic (exact) mass is 631 g/mol. The molecule has 0 aromatic rings. The maximum Gasteiger partial charge on any atom is 0.313 e. The fourth-order valence-electron chi connectivity index (χ4n) is 5.97. The first-order chi connectivity index (χ1) is 22.2. The van der Waals surface area contributed by atoms with Gasteiger partial charge in [0.25, 0.3) is 0 Å².